The molecule has 3 nitrogen and oxygen atoms in total. The number of ether oxygens (including phenoxy) is 1. The summed E-state index contributed by atoms with van der Waals surface area (Å²) in [6.07, 6.45) is 0. The van der Waals surface area contributed by atoms with Crippen LogP contribution >= 0.6 is 11.3 Å². The molecule has 0 aliphatic heterocycles. The van der Waals surface area contributed by atoms with E-state index in [1.165, 1.54) is 11.3 Å². The van der Waals surface area contributed by atoms with Crippen LogP contribution in [0.5, 0.6) is 5.75 Å². The average Bonchev–Trinajstić information content (AvgIpc) is 3.05. The summed E-state index contributed by atoms with van der Waals surface area (Å²) in [5, 5.41) is 10.6. The van der Waals surface area contributed by atoms with E-state index in [9.17, 15) is 4.79 Å². The Kier molecular flexibility index (Phi) is 4.21. The summed E-state index contributed by atoms with van der Waals surface area (Å²) < 4.78 is 5.74. The Hall–Kier alpha value is -2.59. The van der Waals surface area contributed by atoms with Crippen molar-refractivity contribution in [1.29, 1.82) is 0 Å². The summed E-state index contributed by atoms with van der Waals surface area (Å²) in [5.74, 6) is -0.104. The molecule has 1 aromatic heterocycles. The highest BCUT2D eigenvalue weighted by Gasteiger charge is 2.08. The van der Waals surface area contributed by atoms with E-state index in [1.54, 1.807) is 11.4 Å². The second-order valence-corrected chi connectivity index (χ2v) is 5.71. The summed E-state index contributed by atoms with van der Waals surface area (Å²) >= 11 is 1.43. The molecule has 0 saturated carbocycles. The highest BCUT2D eigenvalue weighted by atomic mass is 32.1. The van der Waals surface area contributed by atoms with Gasteiger partial charge < -0.3 is 9.84 Å². The Bertz CT molecular complexity index is 761. The largest absolute Gasteiger partial charge is 0.489 e. The molecule has 22 heavy (non-hydrogen) atoms. The van der Waals surface area contributed by atoms with Gasteiger partial charge in [0, 0.05) is 10.3 Å². The monoisotopic (exact) mass is 310 g/mol. The Morgan fingerprint density at radius 2 is 1.77 bits per heavy atom. The molecule has 2 aromatic carbocycles. The van der Waals surface area contributed by atoms with Crippen molar-refractivity contribution in [3.8, 4) is 16.2 Å². The molecule has 4 heteroatoms. The summed E-state index contributed by atoms with van der Waals surface area (Å²) in [7, 11) is 0. The van der Waals surface area contributed by atoms with Gasteiger partial charge in [-0.05, 0) is 41.5 Å². The fourth-order valence-electron chi connectivity index (χ4n) is 2.06. The molecule has 0 radical (unpaired) electrons. The van der Waals surface area contributed by atoms with Crippen molar-refractivity contribution < 1.29 is 14.6 Å². The zero-order valence-electron chi connectivity index (χ0n) is 11.7. The predicted octanol–water partition coefficient (Wildman–Crippen LogP) is 4.69. The molecular weight excluding hydrogens is 296 g/mol. The molecule has 0 unspecified atom stereocenters. The summed E-state index contributed by atoms with van der Waals surface area (Å²) in [6.45, 7) is 0.530. The number of hydrogen-bond donors (Lipinski definition) is 1. The highest BCUT2D eigenvalue weighted by molar-refractivity contribution is 7.13. The molecule has 0 amide bonds. The van der Waals surface area contributed by atoms with Crippen LogP contribution in [0, 0.1) is 0 Å². The molecule has 1 N–H and O–H groups in total. The maximum atomic E-state index is 10.9. The Morgan fingerprint density at radius 3 is 2.41 bits per heavy atom. The van der Waals surface area contributed by atoms with Crippen molar-refractivity contribution in [2.45, 2.75) is 6.61 Å². The van der Waals surface area contributed by atoms with E-state index < -0.39 is 5.97 Å². The number of carbonyl (C=O) groups is 1. The minimum Gasteiger partial charge on any atom is -0.489 e. The van der Waals surface area contributed by atoms with Gasteiger partial charge in [-0.15, -0.1) is 11.3 Å². The van der Waals surface area contributed by atoms with Gasteiger partial charge in [-0.25, -0.2) is 4.79 Å². The van der Waals surface area contributed by atoms with Gasteiger partial charge in [0.15, 0.2) is 0 Å². The Labute approximate surface area is 132 Å². The van der Waals surface area contributed by atoms with Crippen molar-refractivity contribution in [3.05, 3.63) is 77.2 Å². The topological polar surface area (TPSA) is 46.5 Å². The third kappa shape index (κ3) is 3.35. The molecule has 0 atom stereocenters. The zero-order valence-corrected chi connectivity index (χ0v) is 12.5. The van der Waals surface area contributed by atoms with Gasteiger partial charge in [0.2, 0.25) is 0 Å². The summed E-state index contributed by atoms with van der Waals surface area (Å²) in [6, 6.07) is 19.4. The van der Waals surface area contributed by atoms with Crippen molar-refractivity contribution in [2.75, 3.05) is 0 Å². The van der Waals surface area contributed by atoms with Crippen LogP contribution in [0.15, 0.2) is 66.0 Å². The van der Waals surface area contributed by atoms with Gasteiger partial charge in [0.1, 0.15) is 12.4 Å². The SMILES string of the molecule is O=C(O)c1csc(-c2ccc(OCc3ccccc3)cc2)c1. The molecule has 0 fully saturated rings. The minimum absolute atomic E-state index is 0.324. The molecule has 0 bridgehead atoms. The number of rotatable bonds is 5. The minimum atomic E-state index is -0.898. The van der Waals surface area contributed by atoms with E-state index in [1.807, 2.05) is 54.6 Å². The molecule has 0 aliphatic carbocycles. The zero-order chi connectivity index (χ0) is 15.4. The van der Waals surface area contributed by atoms with E-state index in [4.69, 9.17) is 9.84 Å². The first kappa shape index (κ1) is 14.4. The van der Waals surface area contributed by atoms with Crippen LogP contribution in [0.1, 0.15) is 15.9 Å². The summed E-state index contributed by atoms with van der Waals surface area (Å²) in [4.78, 5) is 11.8. The van der Waals surface area contributed by atoms with Gasteiger partial charge >= 0.3 is 5.97 Å². The maximum absolute atomic E-state index is 10.9. The molecule has 0 spiro atoms. The van der Waals surface area contributed by atoms with E-state index in [-0.39, 0.29) is 0 Å². The van der Waals surface area contributed by atoms with Crippen LogP contribution in [0.25, 0.3) is 10.4 Å². The molecule has 1 heterocycles. The first-order chi connectivity index (χ1) is 10.7. The Balaban J connectivity index is 1.68. The van der Waals surface area contributed by atoms with Crippen LogP contribution in [0.3, 0.4) is 0 Å². The van der Waals surface area contributed by atoms with Crippen molar-refractivity contribution in [1.82, 2.24) is 0 Å². The molecular formula is C18H14O3S. The number of carboxylic acids is 1. The number of hydrogen-bond acceptors (Lipinski definition) is 3. The van der Waals surface area contributed by atoms with Crippen molar-refractivity contribution in [3.63, 3.8) is 0 Å². The van der Waals surface area contributed by atoms with E-state index >= 15 is 0 Å². The lowest BCUT2D eigenvalue weighted by atomic mass is 10.1. The lowest BCUT2D eigenvalue weighted by Gasteiger charge is -2.06. The fraction of sp³-hybridized carbons (Fsp3) is 0.0556. The fourth-order valence-corrected chi connectivity index (χ4v) is 2.95. The normalized spacial score (nSPS) is 10.4. The van der Waals surface area contributed by atoms with Gasteiger partial charge in [0.25, 0.3) is 0 Å². The number of carboxylic acid groups (broad SMARTS) is 1. The highest BCUT2D eigenvalue weighted by Crippen LogP contribution is 2.28. The average molecular weight is 310 g/mol. The third-order valence-electron chi connectivity index (χ3n) is 3.23. The first-order valence-corrected chi connectivity index (χ1v) is 7.69. The Morgan fingerprint density at radius 1 is 1.05 bits per heavy atom. The molecule has 3 rings (SSSR count). The number of aromatic carboxylic acids is 1. The maximum Gasteiger partial charge on any atom is 0.336 e. The number of benzene rings is 2. The lowest BCUT2D eigenvalue weighted by Crippen LogP contribution is -1.94. The molecule has 3 aromatic rings. The van der Waals surface area contributed by atoms with Crippen molar-refractivity contribution in [2.24, 2.45) is 0 Å². The van der Waals surface area contributed by atoms with Gasteiger partial charge in [-0.2, -0.15) is 0 Å². The van der Waals surface area contributed by atoms with Crippen LogP contribution in [0.4, 0.5) is 0 Å². The van der Waals surface area contributed by atoms with Crippen LogP contribution in [-0.4, -0.2) is 11.1 Å². The van der Waals surface area contributed by atoms with Gasteiger partial charge in [-0.3, -0.25) is 0 Å². The standard InChI is InChI=1S/C18H14O3S/c19-18(20)15-10-17(22-12-15)14-6-8-16(9-7-14)21-11-13-4-2-1-3-5-13/h1-10,12H,11H2,(H,19,20). The first-order valence-electron chi connectivity index (χ1n) is 6.81. The van der Waals surface area contributed by atoms with E-state index in [0.29, 0.717) is 12.2 Å². The van der Waals surface area contributed by atoms with Crippen LogP contribution in [0.2, 0.25) is 0 Å². The van der Waals surface area contributed by atoms with Crippen LogP contribution < -0.4 is 4.74 Å². The lowest BCUT2D eigenvalue weighted by molar-refractivity contribution is 0.0697. The summed E-state index contributed by atoms with van der Waals surface area (Å²) in [5.41, 5.74) is 2.44. The van der Waals surface area contributed by atoms with Crippen molar-refractivity contribution >= 4 is 17.3 Å². The van der Waals surface area contributed by atoms with Crippen LogP contribution in [-0.2, 0) is 6.61 Å². The molecule has 0 saturated heterocycles. The van der Waals surface area contributed by atoms with E-state index in [0.717, 1.165) is 21.8 Å². The molecule has 110 valence electrons. The third-order valence-corrected chi connectivity index (χ3v) is 4.21. The smallest absolute Gasteiger partial charge is 0.336 e. The number of thiophene rings is 1. The quantitative estimate of drug-likeness (QED) is 0.743. The van der Waals surface area contributed by atoms with E-state index in [2.05, 4.69) is 0 Å². The second kappa shape index (κ2) is 6.45. The predicted molar refractivity (Wildman–Crippen MR) is 87.5 cm³/mol. The van der Waals surface area contributed by atoms with Gasteiger partial charge in [0.05, 0.1) is 5.56 Å². The molecule has 0 aliphatic rings. The second-order valence-electron chi connectivity index (χ2n) is 4.80. The van der Waals surface area contributed by atoms with Gasteiger partial charge in [-0.1, -0.05) is 30.3 Å².